The molecule has 1 aromatic rings. The molecule has 0 spiro atoms. The Labute approximate surface area is 124 Å². The van der Waals surface area contributed by atoms with E-state index in [1.807, 2.05) is 13.8 Å². The summed E-state index contributed by atoms with van der Waals surface area (Å²) in [6, 6.07) is 6.91. The Kier molecular flexibility index (Phi) is 7.18. The summed E-state index contributed by atoms with van der Waals surface area (Å²) in [7, 11) is 1.58. The predicted octanol–water partition coefficient (Wildman–Crippen LogP) is 2.03. The average molecular weight is 291 g/mol. The Morgan fingerprint density at radius 3 is 2.43 bits per heavy atom. The van der Waals surface area contributed by atoms with E-state index in [9.17, 15) is 9.59 Å². The zero-order valence-corrected chi connectivity index (χ0v) is 12.6. The largest absolute Gasteiger partial charge is 0.460 e. The molecule has 1 aromatic carbocycles. The molecular formula is C16H21NO4. The van der Waals surface area contributed by atoms with E-state index >= 15 is 0 Å². The molecule has 0 aromatic heterocycles. The lowest BCUT2D eigenvalue weighted by Gasteiger charge is -2.06. The summed E-state index contributed by atoms with van der Waals surface area (Å²) in [4.78, 5) is 22.8. The molecule has 0 unspecified atom stereocenters. The number of esters is 1. The maximum absolute atomic E-state index is 11.5. The van der Waals surface area contributed by atoms with Crippen LogP contribution in [-0.2, 0) is 14.3 Å². The van der Waals surface area contributed by atoms with Crippen LogP contribution in [0.4, 0.5) is 0 Å². The van der Waals surface area contributed by atoms with Crippen LogP contribution in [0.1, 0.15) is 29.8 Å². The number of hydrogen-bond acceptors (Lipinski definition) is 4. The second-order valence-electron chi connectivity index (χ2n) is 4.62. The van der Waals surface area contributed by atoms with Crippen molar-refractivity contribution in [3.05, 3.63) is 41.5 Å². The van der Waals surface area contributed by atoms with Crippen LogP contribution in [0.15, 0.2) is 30.3 Å². The smallest absolute Gasteiger partial charge is 0.330 e. The van der Waals surface area contributed by atoms with Crippen molar-refractivity contribution in [2.75, 3.05) is 20.3 Å². The Morgan fingerprint density at radius 2 is 1.86 bits per heavy atom. The van der Waals surface area contributed by atoms with E-state index in [0.717, 1.165) is 5.56 Å². The minimum atomic E-state index is -0.419. The molecule has 5 heteroatoms. The first kappa shape index (κ1) is 16.9. The Hall–Kier alpha value is -2.14. The van der Waals surface area contributed by atoms with Crippen molar-refractivity contribution in [3.63, 3.8) is 0 Å². The molecule has 0 fully saturated rings. The van der Waals surface area contributed by atoms with E-state index in [1.54, 1.807) is 37.4 Å². The fraction of sp³-hybridized carbons (Fsp3) is 0.375. The molecule has 21 heavy (non-hydrogen) atoms. The molecule has 1 rings (SSSR count). The molecule has 1 N–H and O–H groups in total. The van der Waals surface area contributed by atoms with Crippen molar-refractivity contribution in [2.24, 2.45) is 0 Å². The molecule has 0 bridgehead atoms. The zero-order chi connectivity index (χ0) is 15.7. The zero-order valence-electron chi connectivity index (χ0n) is 12.6. The van der Waals surface area contributed by atoms with Crippen molar-refractivity contribution in [3.8, 4) is 0 Å². The topological polar surface area (TPSA) is 64.6 Å². The number of hydrogen-bond donors (Lipinski definition) is 1. The summed E-state index contributed by atoms with van der Waals surface area (Å²) >= 11 is 0. The summed E-state index contributed by atoms with van der Waals surface area (Å²) in [5, 5.41) is 2.54. The number of rotatable bonds is 7. The van der Waals surface area contributed by atoms with Gasteiger partial charge in [0.1, 0.15) is 6.61 Å². The number of amides is 1. The first-order chi connectivity index (χ1) is 10.0. The van der Waals surface area contributed by atoms with Gasteiger partial charge in [0.2, 0.25) is 0 Å². The van der Waals surface area contributed by atoms with Crippen LogP contribution in [0.25, 0.3) is 6.08 Å². The molecule has 1 amide bonds. The fourth-order valence-electron chi connectivity index (χ4n) is 1.53. The number of carbonyl (C=O) groups is 2. The van der Waals surface area contributed by atoms with Gasteiger partial charge in [-0.15, -0.1) is 0 Å². The van der Waals surface area contributed by atoms with Gasteiger partial charge < -0.3 is 14.8 Å². The molecule has 0 heterocycles. The second-order valence-corrected chi connectivity index (χ2v) is 4.62. The van der Waals surface area contributed by atoms with Gasteiger partial charge in [-0.3, -0.25) is 4.79 Å². The molecule has 0 radical (unpaired) electrons. The first-order valence-corrected chi connectivity index (χ1v) is 6.81. The summed E-state index contributed by atoms with van der Waals surface area (Å²) in [6.07, 6.45) is 3.11. The van der Waals surface area contributed by atoms with Gasteiger partial charge in [-0.2, -0.15) is 0 Å². The summed E-state index contributed by atoms with van der Waals surface area (Å²) in [6.45, 7) is 4.46. The first-order valence-electron chi connectivity index (χ1n) is 6.81. The maximum Gasteiger partial charge on any atom is 0.330 e. The summed E-state index contributed by atoms with van der Waals surface area (Å²) in [5.74, 6) is -0.562. The van der Waals surface area contributed by atoms with E-state index in [0.29, 0.717) is 12.2 Å². The highest BCUT2D eigenvalue weighted by Gasteiger charge is 2.02. The van der Waals surface area contributed by atoms with Crippen molar-refractivity contribution >= 4 is 18.0 Å². The SMILES string of the molecule is CNC(=O)c1ccc(/C=C/C(=O)OCCOC(C)C)cc1. The highest BCUT2D eigenvalue weighted by Crippen LogP contribution is 2.06. The minimum Gasteiger partial charge on any atom is -0.460 e. The lowest BCUT2D eigenvalue weighted by molar-refractivity contribution is -0.139. The molecule has 0 aliphatic carbocycles. The van der Waals surface area contributed by atoms with Crippen LogP contribution in [0.5, 0.6) is 0 Å². The number of ether oxygens (including phenoxy) is 2. The highest BCUT2D eigenvalue weighted by atomic mass is 16.6. The number of carbonyl (C=O) groups excluding carboxylic acids is 2. The van der Waals surface area contributed by atoms with E-state index in [-0.39, 0.29) is 18.6 Å². The van der Waals surface area contributed by atoms with E-state index in [4.69, 9.17) is 9.47 Å². The van der Waals surface area contributed by atoms with Gasteiger partial charge >= 0.3 is 5.97 Å². The van der Waals surface area contributed by atoms with Crippen LogP contribution in [0.2, 0.25) is 0 Å². The monoisotopic (exact) mass is 291 g/mol. The second kappa shape index (κ2) is 8.92. The molecule has 0 aliphatic rings. The third-order valence-electron chi connectivity index (χ3n) is 2.59. The highest BCUT2D eigenvalue weighted by molar-refractivity contribution is 5.94. The third kappa shape index (κ3) is 6.72. The quantitative estimate of drug-likeness (QED) is 0.474. The Balaban J connectivity index is 2.41. The summed E-state index contributed by atoms with van der Waals surface area (Å²) in [5.41, 5.74) is 1.39. The van der Waals surface area contributed by atoms with E-state index < -0.39 is 5.97 Å². The normalized spacial score (nSPS) is 10.9. The number of benzene rings is 1. The van der Waals surface area contributed by atoms with Crippen LogP contribution < -0.4 is 5.32 Å². The van der Waals surface area contributed by atoms with Crippen molar-refractivity contribution in [1.82, 2.24) is 5.32 Å². The molecule has 5 nitrogen and oxygen atoms in total. The molecule has 114 valence electrons. The molecule has 0 saturated carbocycles. The molecule has 0 aliphatic heterocycles. The van der Waals surface area contributed by atoms with Gasteiger partial charge in [0.05, 0.1) is 12.7 Å². The maximum atomic E-state index is 11.5. The third-order valence-corrected chi connectivity index (χ3v) is 2.59. The van der Waals surface area contributed by atoms with Gasteiger partial charge in [0.25, 0.3) is 5.91 Å². The van der Waals surface area contributed by atoms with Crippen LogP contribution in [-0.4, -0.2) is 38.2 Å². The van der Waals surface area contributed by atoms with Crippen LogP contribution in [0.3, 0.4) is 0 Å². The lowest BCUT2D eigenvalue weighted by Crippen LogP contribution is -2.17. The lowest BCUT2D eigenvalue weighted by atomic mass is 10.1. The Morgan fingerprint density at radius 1 is 1.19 bits per heavy atom. The van der Waals surface area contributed by atoms with Crippen LogP contribution >= 0.6 is 0 Å². The average Bonchev–Trinajstić information content (AvgIpc) is 2.49. The molecular weight excluding hydrogens is 270 g/mol. The standard InChI is InChI=1S/C16H21NO4/c1-12(2)20-10-11-21-15(18)9-6-13-4-7-14(8-5-13)16(19)17-3/h4-9,12H,10-11H2,1-3H3,(H,17,19)/b9-6+. The molecule has 0 saturated heterocycles. The van der Waals surface area contributed by atoms with Crippen LogP contribution in [0, 0.1) is 0 Å². The van der Waals surface area contributed by atoms with Gasteiger partial charge in [0, 0.05) is 18.7 Å². The van der Waals surface area contributed by atoms with E-state index in [1.165, 1.54) is 6.08 Å². The fourth-order valence-corrected chi connectivity index (χ4v) is 1.53. The predicted molar refractivity (Wildman–Crippen MR) is 80.9 cm³/mol. The summed E-state index contributed by atoms with van der Waals surface area (Å²) < 4.78 is 10.2. The van der Waals surface area contributed by atoms with Gasteiger partial charge in [-0.1, -0.05) is 12.1 Å². The van der Waals surface area contributed by atoms with Crippen molar-refractivity contribution in [1.29, 1.82) is 0 Å². The van der Waals surface area contributed by atoms with Gasteiger partial charge in [-0.25, -0.2) is 4.79 Å². The van der Waals surface area contributed by atoms with E-state index in [2.05, 4.69) is 5.32 Å². The van der Waals surface area contributed by atoms with Gasteiger partial charge in [0.15, 0.2) is 0 Å². The van der Waals surface area contributed by atoms with Gasteiger partial charge in [-0.05, 0) is 37.6 Å². The van der Waals surface area contributed by atoms with Crippen molar-refractivity contribution in [2.45, 2.75) is 20.0 Å². The Bertz CT molecular complexity index is 492. The van der Waals surface area contributed by atoms with Crippen molar-refractivity contribution < 1.29 is 19.1 Å². The molecule has 0 atom stereocenters. The number of nitrogens with one attached hydrogen (secondary N) is 1. The minimum absolute atomic E-state index is 0.123.